The molecule has 1 atom stereocenters. The van der Waals surface area contributed by atoms with E-state index in [2.05, 4.69) is 41.4 Å². The van der Waals surface area contributed by atoms with Crippen LogP contribution in [-0.2, 0) is 0 Å². The molecule has 2 aromatic rings. The van der Waals surface area contributed by atoms with Crippen LogP contribution in [0, 0.1) is 6.92 Å². The highest BCUT2D eigenvalue weighted by Crippen LogP contribution is 2.38. The van der Waals surface area contributed by atoms with Crippen molar-refractivity contribution in [2.45, 2.75) is 25.8 Å². The molecule has 1 aliphatic rings. The number of nitrogens with zero attached hydrogens (tertiary/aromatic N) is 1. The molecule has 2 aromatic carbocycles. The molecule has 1 aliphatic heterocycles. The van der Waals surface area contributed by atoms with Crippen LogP contribution in [0.5, 0.6) is 17.2 Å². The van der Waals surface area contributed by atoms with Crippen molar-refractivity contribution in [3.05, 3.63) is 53.1 Å². The summed E-state index contributed by atoms with van der Waals surface area (Å²) in [6, 6.07) is 12.1. The van der Waals surface area contributed by atoms with E-state index in [4.69, 9.17) is 14.2 Å². The van der Waals surface area contributed by atoms with E-state index in [9.17, 15) is 4.79 Å². The van der Waals surface area contributed by atoms with E-state index in [0.29, 0.717) is 29.4 Å². The van der Waals surface area contributed by atoms with Gasteiger partial charge in [0.2, 0.25) is 5.75 Å². The molecule has 0 aliphatic carbocycles. The van der Waals surface area contributed by atoms with Crippen LogP contribution in [0.15, 0.2) is 36.4 Å². The van der Waals surface area contributed by atoms with Crippen LogP contribution in [0.3, 0.4) is 0 Å². The number of methoxy groups -OCH3 is 3. The van der Waals surface area contributed by atoms with Gasteiger partial charge in [-0.05, 0) is 50.6 Å². The van der Waals surface area contributed by atoms with Crippen LogP contribution in [0.25, 0.3) is 0 Å². The molecule has 29 heavy (non-hydrogen) atoms. The quantitative estimate of drug-likeness (QED) is 0.736. The Bertz CT molecular complexity index is 804. The number of benzene rings is 2. The van der Waals surface area contributed by atoms with Gasteiger partial charge in [-0.3, -0.25) is 9.69 Å². The molecule has 1 N–H and O–H groups in total. The van der Waals surface area contributed by atoms with Gasteiger partial charge in [0.1, 0.15) is 0 Å². The van der Waals surface area contributed by atoms with Gasteiger partial charge in [0.25, 0.3) is 5.91 Å². The molecule has 6 heteroatoms. The van der Waals surface area contributed by atoms with E-state index in [-0.39, 0.29) is 11.9 Å². The summed E-state index contributed by atoms with van der Waals surface area (Å²) >= 11 is 0. The number of ether oxygens (including phenoxy) is 3. The minimum atomic E-state index is -0.166. The average Bonchev–Trinajstić information content (AvgIpc) is 3.28. The highest BCUT2D eigenvalue weighted by Gasteiger charge is 2.24. The normalized spacial score (nSPS) is 15.0. The molecule has 0 bridgehead atoms. The summed E-state index contributed by atoms with van der Waals surface area (Å²) < 4.78 is 16.1. The van der Waals surface area contributed by atoms with Gasteiger partial charge in [0.05, 0.1) is 27.4 Å². The first-order valence-corrected chi connectivity index (χ1v) is 9.96. The van der Waals surface area contributed by atoms with Crippen molar-refractivity contribution in [3.63, 3.8) is 0 Å². The fourth-order valence-electron chi connectivity index (χ4n) is 3.80. The van der Waals surface area contributed by atoms with Gasteiger partial charge in [-0.2, -0.15) is 0 Å². The lowest BCUT2D eigenvalue weighted by Gasteiger charge is -2.28. The predicted molar refractivity (Wildman–Crippen MR) is 113 cm³/mol. The monoisotopic (exact) mass is 398 g/mol. The molecule has 0 aromatic heterocycles. The maximum absolute atomic E-state index is 12.9. The number of aryl methyl sites for hydroxylation is 1. The maximum atomic E-state index is 12.9. The van der Waals surface area contributed by atoms with E-state index in [1.54, 1.807) is 33.5 Å². The first-order chi connectivity index (χ1) is 14.1. The number of rotatable bonds is 8. The highest BCUT2D eigenvalue weighted by molar-refractivity contribution is 5.95. The highest BCUT2D eigenvalue weighted by atomic mass is 16.5. The number of nitrogens with one attached hydrogen (secondary N) is 1. The third kappa shape index (κ3) is 4.82. The third-order valence-electron chi connectivity index (χ3n) is 5.43. The molecule has 1 heterocycles. The van der Waals surface area contributed by atoms with Crippen LogP contribution < -0.4 is 19.5 Å². The van der Waals surface area contributed by atoms with Gasteiger partial charge < -0.3 is 19.5 Å². The van der Waals surface area contributed by atoms with Crippen LogP contribution in [0.1, 0.15) is 40.4 Å². The largest absolute Gasteiger partial charge is 0.493 e. The van der Waals surface area contributed by atoms with Crippen molar-refractivity contribution < 1.29 is 19.0 Å². The van der Waals surface area contributed by atoms with E-state index in [1.165, 1.54) is 24.0 Å². The Morgan fingerprint density at radius 3 is 2.10 bits per heavy atom. The zero-order valence-electron chi connectivity index (χ0n) is 17.7. The van der Waals surface area contributed by atoms with Gasteiger partial charge in [0.15, 0.2) is 11.5 Å². The summed E-state index contributed by atoms with van der Waals surface area (Å²) in [5, 5.41) is 3.10. The Labute approximate surface area is 172 Å². The van der Waals surface area contributed by atoms with Crippen LogP contribution in [0.4, 0.5) is 0 Å². The predicted octanol–water partition coefficient (Wildman–Crippen LogP) is 3.59. The van der Waals surface area contributed by atoms with Crippen LogP contribution in [0.2, 0.25) is 0 Å². The van der Waals surface area contributed by atoms with Crippen LogP contribution in [-0.4, -0.2) is 51.8 Å². The van der Waals surface area contributed by atoms with Crippen molar-refractivity contribution in [1.29, 1.82) is 0 Å². The lowest BCUT2D eigenvalue weighted by Crippen LogP contribution is -2.36. The molecule has 0 spiro atoms. The lowest BCUT2D eigenvalue weighted by atomic mass is 10.0. The molecular formula is C23H30N2O4. The summed E-state index contributed by atoms with van der Waals surface area (Å²) in [6.45, 7) is 4.73. The Morgan fingerprint density at radius 2 is 1.59 bits per heavy atom. The first-order valence-electron chi connectivity index (χ1n) is 9.96. The molecule has 1 unspecified atom stereocenters. The van der Waals surface area contributed by atoms with Gasteiger partial charge in [-0.15, -0.1) is 0 Å². The molecule has 3 rings (SSSR count). The van der Waals surface area contributed by atoms with E-state index < -0.39 is 0 Å². The Morgan fingerprint density at radius 1 is 1.00 bits per heavy atom. The Hall–Kier alpha value is -2.73. The van der Waals surface area contributed by atoms with Gasteiger partial charge >= 0.3 is 0 Å². The number of hydrogen-bond donors (Lipinski definition) is 1. The average molecular weight is 399 g/mol. The molecular weight excluding hydrogens is 368 g/mol. The van der Waals surface area contributed by atoms with E-state index in [1.807, 2.05) is 0 Å². The number of carbonyl (C=O) groups excluding carboxylic acids is 1. The summed E-state index contributed by atoms with van der Waals surface area (Å²) in [5.74, 6) is 1.24. The van der Waals surface area contributed by atoms with Crippen molar-refractivity contribution in [2.24, 2.45) is 0 Å². The topological polar surface area (TPSA) is 60.0 Å². The molecule has 1 saturated heterocycles. The Kier molecular flexibility index (Phi) is 6.99. The summed E-state index contributed by atoms with van der Waals surface area (Å²) in [4.78, 5) is 15.3. The second-order valence-corrected chi connectivity index (χ2v) is 7.29. The summed E-state index contributed by atoms with van der Waals surface area (Å²) in [7, 11) is 4.63. The van der Waals surface area contributed by atoms with Crippen molar-refractivity contribution in [2.75, 3.05) is 41.0 Å². The SMILES string of the molecule is COc1cc(C(=O)NCC(c2ccc(C)cc2)N2CCCC2)cc(OC)c1OC. The second-order valence-electron chi connectivity index (χ2n) is 7.29. The minimum absolute atomic E-state index is 0.157. The standard InChI is InChI=1S/C23H30N2O4/c1-16-7-9-17(10-8-16)19(25-11-5-6-12-25)15-24-23(26)18-13-20(27-2)22(29-4)21(14-18)28-3/h7-10,13-14,19H,5-6,11-12,15H2,1-4H3,(H,24,26). The lowest BCUT2D eigenvalue weighted by molar-refractivity contribution is 0.0937. The molecule has 0 saturated carbocycles. The smallest absolute Gasteiger partial charge is 0.251 e. The number of amides is 1. The number of hydrogen-bond acceptors (Lipinski definition) is 5. The van der Waals surface area contributed by atoms with Crippen molar-refractivity contribution in [1.82, 2.24) is 10.2 Å². The van der Waals surface area contributed by atoms with Gasteiger partial charge in [-0.25, -0.2) is 0 Å². The van der Waals surface area contributed by atoms with Gasteiger partial charge in [-0.1, -0.05) is 29.8 Å². The third-order valence-corrected chi connectivity index (χ3v) is 5.43. The molecule has 6 nitrogen and oxygen atoms in total. The summed E-state index contributed by atoms with van der Waals surface area (Å²) in [6.07, 6.45) is 2.40. The Balaban J connectivity index is 1.78. The van der Waals surface area contributed by atoms with Crippen molar-refractivity contribution in [3.8, 4) is 17.2 Å². The van der Waals surface area contributed by atoms with E-state index in [0.717, 1.165) is 13.1 Å². The van der Waals surface area contributed by atoms with Gasteiger partial charge in [0, 0.05) is 12.1 Å². The zero-order chi connectivity index (χ0) is 20.8. The molecule has 1 amide bonds. The maximum Gasteiger partial charge on any atom is 0.251 e. The molecule has 1 fully saturated rings. The molecule has 0 radical (unpaired) electrons. The van der Waals surface area contributed by atoms with E-state index >= 15 is 0 Å². The second kappa shape index (κ2) is 9.65. The zero-order valence-corrected chi connectivity index (χ0v) is 17.7. The van der Waals surface area contributed by atoms with Crippen LogP contribution >= 0.6 is 0 Å². The molecule has 156 valence electrons. The van der Waals surface area contributed by atoms with Crippen molar-refractivity contribution >= 4 is 5.91 Å². The number of likely N-dealkylation sites (tertiary alicyclic amines) is 1. The summed E-state index contributed by atoms with van der Waals surface area (Å²) in [5.41, 5.74) is 2.93. The number of carbonyl (C=O) groups is 1. The minimum Gasteiger partial charge on any atom is -0.493 e. The fourth-order valence-corrected chi connectivity index (χ4v) is 3.80. The fraction of sp³-hybridized carbons (Fsp3) is 0.435. The first kappa shape index (κ1) is 21.0.